The number of rotatable bonds is 4. The Balaban J connectivity index is 0.00000220. The first-order valence-corrected chi connectivity index (χ1v) is 6.11. The van der Waals surface area contributed by atoms with Gasteiger partial charge >= 0.3 is 0 Å². The van der Waals surface area contributed by atoms with Crippen molar-refractivity contribution >= 4 is 35.6 Å². The molecule has 0 aliphatic carbocycles. The summed E-state index contributed by atoms with van der Waals surface area (Å²) in [4.78, 5) is 16.1. The molecule has 0 bridgehead atoms. The van der Waals surface area contributed by atoms with Gasteiger partial charge in [-0.1, -0.05) is 16.8 Å². The van der Waals surface area contributed by atoms with Crippen LogP contribution in [-0.2, 0) is 0 Å². The van der Waals surface area contributed by atoms with Crippen LogP contribution in [0.25, 0.3) is 0 Å². The first kappa shape index (κ1) is 17.1. The van der Waals surface area contributed by atoms with Crippen LogP contribution in [0.2, 0.25) is 5.02 Å². The average molecular weight is 333 g/mol. The second kappa shape index (κ2) is 7.14. The molecule has 0 saturated carbocycles. The zero-order valence-corrected chi connectivity index (χ0v) is 12.9. The second-order valence-corrected chi connectivity index (χ2v) is 4.47. The Morgan fingerprint density at radius 2 is 2.24 bits per heavy atom. The Morgan fingerprint density at radius 1 is 1.52 bits per heavy atom. The molecule has 1 unspecified atom stereocenters. The van der Waals surface area contributed by atoms with Gasteiger partial charge in [-0.3, -0.25) is 4.79 Å². The zero-order valence-electron chi connectivity index (χ0n) is 11.3. The number of anilines is 1. The minimum Gasteiger partial charge on any atom is -0.496 e. The number of nitrogens with two attached hydrogens (primary N) is 1. The van der Waals surface area contributed by atoms with Gasteiger partial charge in [0.1, 0.15) is 5.75 Å². The molecule has 3 N–H and O–H groups in total. The Kier molecular flexibility index (Phi) is 5.80. The highest BCUT2D eigenvalue weighted by atomic mass is 35.5. The third-order valence-electron chi connectivity index (χ3n) is 2.68. The monoisotopic (exact) mass is 332 g/mol. The number of benzene rings is 1. The molecule has 1 aromatic heterocycles. The fraction of sp³-hybridized carbons (Fsp3) is 0.250. The predicted octanol–water partition coefficient (Wildman–Crippen LogP) is 2.23. The van der Waals surface area contributed by atoms with Gasteiger partial charge in [-0.25, -0.2) is 0 Å². The number of carbonyl (C=O) groups is 1. The molecule has 21 heavy (non-hydrogen) atoms. The third kappa shape index (κ3) is 3.77. The van der Waals surface area contributed by atoms with Crippen molar-refractivity contribution in [2.45, 2.75) is 13.0 Å². The molecule has 0 fully saturated rings. The van der Waals surface area contributed by atoms with Crippen molar-refractivity contribution in [2.75, 3.05) is 12.8 Å². The van der Waals surface area contributed by atoms with Gasteiger partial charge in [0.25, 0.3) is 5.91 Å². The minimum atomic E-state index is -0.415. The molecule has 0 saturated heterocycles. The minimum absolute atomic E-state index is 0. The summed E-state index contributed by atoms with van der Waals surface area (Å²) in [5, 5.41) is 6.66. The summed E-state index contributed by atoms with van der Waals surface area (Å²) in [6.07, 6.45) is 1.19. The van der Waals surface area contributed by atoms with Crippen molar-refractivity contribution in [1.82, 2.24) is 15.5 Å². The van der Waals surface area contributed by atoms with Gasteiger partial charge in [0.05, 0.1) is 29.4 Å². The molecule has 0 radical (unpaired) electrons. The molecule has 1 amide bonds. The smallest absolute Gasteiger partial charge is 0.255 e. The molecular weight excluding hydrogens is 319 g/mol. The topological polar surface area (TPSA) is 103 Å². The first-order valence-electron chi connectivity index (χ1n) is 5.73. The number of halogens is 2. The van der Waals surface area contributed by atoms with Crippen LogP contribution in [0.5, 0.6) is 5.75 Å². The number of nitrogen functional groups attached to an aromatic ring is 1. The van der Waals surface area contributed by atoms with E-state index in [1.165, 1.54) is 25.6 Å². The summed E-state index contributed by atoms with van der Waals surface area (Å²) >= 11 is 5.92. The standard InChI is InChI=1S/C12H13ClN4O3.ClH/c1-6(11-15-5-20-17-11)16-12(18)7-3-8(13)9(14)4-10(7)19-2;/h3-6H,14H2,1-2H3,(H,16,18);1H. The average Bonchev–Trinajstić information content (AvgIpc) is 2.95. The lowest BCUT2D eigenvalue weighted by Gasteiger charge is -2.13. The fourth-order valence-corrected chi connectivity index (χ4v) is 1.79. The predicted molar refractivity (Wildman–Crippen MR) is 79.8 cm³/mol. The summed E-state index contributed by atoms with van der Waals surface area (Å²) in [7, 11) is 1.45. The van der Waals surface area contributed by atoms with Gasteiger partial charge in [-0.15, -0.1) is 12.4 Å². The molecule has 2 aromatic rings. The van der Waals surface area contributed by atoms with E-state index in [0.717, 1.165) is 0 Å². The van der Waals surface area contributed by atoms with Crippen molar-refractivity contribution in [3.63, 3.8) is 0 Å². The van der Waals surface area contributed by atoms with Gasteiger partial charge in [0.15, 0.2) is 5.82 Å². The summed E-state index contributed by atoms with van der Waals surface area (Å²) in [6.45, 7) is 1.73. The summed E-state index contributed by atoms with van der Waals surface area (Å²) in [6, 6.07) is 2.53. The van der Waals surface area contributed by atoms with Crippen molar-refractivity contribution < 1.29 is 14.1 Å². The number of hydrogen-bond donors (Lipinski definition) is 2. The van der Waals surface area contributed by atoms with Crippen LogP contribution in [0.15, 0.2) is 23.0 Å². The SMILES string of the molecule is COc1cc(N)c(Cl)cc1C(=O)NC(C)c1ncon1.Cl. The van der Waals surface area contributed by atoms with Crippen molar-refractivity contribution in [3.8, 4) is 5.75 Å². The number of methoxy groups -OCH3 is 1. The summed E-state index contributed by atoms with van der Waals surface area (Å²) < 4.78 is 9.75. The van der Waals surface area contributed by atoms with Crippen molar-refractivity contribution in [2.24, 2.45) is 0 Å². The number of ether oxygens (including phenoxy) is 1. The van der Waals surface area contributed by atoms with E-state index < -0.39 is 6.04 Å². The van der Waals surface area contributed by atoms with E-state index in [1.54, 1.807) is 6.92 Å². The summed E-state index contributed by atoms with van der Waals surface area (Å²) in [5.74, 6) is 0.338. The van der Waals surface area contributed by atoms with E-state index in [1.807, 2.05) is 0 Å². The van der Waals surface area contributed by atoms with Crippen LogP contribution in [0.1, 0.15) is 29.1 Å². The lowest BCUT2D eigenvalue weighted by atomic mass is 10.1. The van der Waals surface area contributed by atoms with Crippen molar-refractivity contribution in [1.29, 1.82) is 0 Å². The number of hydrogen-bond acceptors (Lipinski definition) is 6. The molecule has 114 valence electrons. The molecule has 1 atom stereocenters. The van der Waals surface area contributed by atoms with E-state index in [9.17, 15) is 4.79 Å². The van der Waals surface area contributed by atoms with Crippen LogP contribution in [0.4, 0.5) is 5.69 Å². The molecule has 9 heteroatoms. The molecule has 0 spiro atoms. The quantitative estimate of drug-likeness (QED) is 0.832. The third-order valence-corrected chi connectivity index (χ3v) is 3.00. The molecule has 7 nitrogen and oxygen atoms in total. The molecule has 1 heterocycles. The van der Waals surface area contributed by atoms with Crippen LogP contribution in [-0.4, -0.2) is 23.2 Å². The number of amides is 1. The zero-order chi connectivity index (χ0) is 14.7. The van der Waals surface area contributed by atoms with Gasteiger partial charge in [-0.05, 0) is 13.0 Å². The fourth-order valence-electron chi connectivity index (χ4n) is 1.62. The highest BCUT2D eigenvalue weighted by Gasteiger charge is 2.19. The van der Waals surface area contributed by atoms with Gasteiger partial charge in [0, 0.05) is 6.07 Å². The maximum absolute atomic E-state index is 12.2. The van der Waals surface area contributed by atoms with Crippen LogP contribution in [0.3, 0.4) is 0 Å². The number of nitrogens with zero attached hydrogens (tertiary/aromatic N) is 2. The van der Waals surface area contributed by atoms with E-state index in [2.05, 4.69) is 20.0 Å². The molecule has 0 aliphatic heterocycles. The van der Waals surface area contributed by atoms with Crippen LogP contribution in [0, 0.1) is 0 Å². The molecular formula is C12H14Cl2N4O3. The number of nitrogens with one attached hydrogen (secondary N) is 1. The lowest BCUT2D eigenvalue weighted by Crippen LogP contribution is -2.27. The van der Waals surface area contributed by atoms with Crippen molar-refractivity contribution in [3.05, 3.63) is 34.9 Å². The largest absolute Gasteiger partial charge is 0.496 e. The number of carbonyl (C=O) groups excluding carboxylic acids is 1. The highest BCUT2D eigenvalue weighted by molar-refractivity contribution is 6.33. The van der Waals surface area contributed by atoms with Crippen LogP contribution >= 0.6 is 24.0 Å². The van der Waals surface area contributed by atoms with E-state index in [0.29, 0.717) is 17.3 Å². The Hall–Kier alpha value is -1.99. The first-order chi connectivity index (χ1) is 9.52. The van der Waals surface area contributed by atoms with E-state index in [-0.39, 0.29) is 28.9 Å². The normalized spacial score (nSPS) is 11.4. The van der Waals surface area contributed by atoms with Gasteiger partial charge in [0.2, 0.25) is 6.39 Å². The molecule has 1 aromatic carbocycles. The van der Waals surface area contributed by atoms with E-state index in [4.69, 9.17) is 22.1 Å². The lowest BCUT2D eigenvalue weighted by molar-refractivity contribution is 0.0935. The second-order valence-electron chi connectivity index (χ2n) is 4.06. The number of aromatic nitrogens is 2. The molecule has 0 aliphatic rings. The Morgan fingerprint density at radius 3 is 2.81 bits per heavy atom. The summed E-state index contributed by atoms with van der Waals surface area (Å²) in [5.41, 5.74) is 6.29. The Labute approximate surface area is 132 Å². The van der Waals surface area contributed by atoms with Gasteiger partial charge < -0.3 is 20.3 Å². The van der Waals surface area contributed by atoms with E-state index >= 15 is 0 Å². The maximum Gasteiger partial charge on any atom is 0.255 e. The molecule has 2 rings (SSSR count). The maximum atomic E-state index is 12.2. The Bertz CT molecular complexity index is 619. The van der Waals surface area contributed by atoms with Crippen LogP contribution < -0.4 is 15.8 Å². The van der Waals surface area contributed by atoms with Gasteiger partial charge in [-0.2, -0.15) is 4.98 Å². The highest BCUT2D eigenvalue weighted by Crippen LogP contribution is 2.29.